The van der Waals surface area contributed by atoms with Crippen LogP contribution in [0.1, 0.15) is 28.5 Å². The Morgan fingerprint density at radius 2 is 2.40 bits per heavy atom. The van der Waals surface area contributed by atoms with E-state index in [4.69, 9.17) is 0 Å². The number of aromatic nitrogens is 4. The summed E-state index contributed by atoms with van der Waals surface area (Å²) >= 11 is 1.80. The molecule has 1 atom stereocenters. The van der Waals surface area contributed by atoms with Crippen molar-refractivity contribution in [1.82, 2.24) is 25.9 Å². The van der Waals surface area contributed by atoms with Crippen molar-refractivity contribution >= 4 is 11.3 Å². The van der Waals surface area contributed by atoms with Crippen LogP contribution in [0.3, 0.4) is 0 Å². The Morgan fingerprint density at radius 1 is 1.53 bits per heavy atom. The second kappa shape index (κ2) is 4.50. The van der Waals surface area contributed by atoms with Crippen molar-refractivity contribution in [1.29, 1.82) is 0 Å². The third kappa shape index (κ3) is 2.60. The first-order chi connectivity index (χ1) is 7.25. The van der Waals surface area contributed by atoms with Crippen LogP contribution in [0.15, 0.2) is 12.1 Å². The summed E-state index contributed by atoms with van der Waals surface area (Å²) < 4.78 is 0. The van der Waals surface area contributed by atoms with Crippen molar-refractivity contribution in [3.05, 3.63) is 27.7 Å². The minimum absolute atomic E-state index is 0.117. The van der Waals surface area contributed by atoms with Crippen LogP contribution in [0.25, 0.3) is 0 Å². The zero-order chi connectivity index (χ0) is 10.7. The first kappa shape index (κ1) is 10.3. The van der Waals surface area contributed by atoms with E-state index in [1.807, 2.05) is 6.92 Å². The molecule has 0 spiro atoms. The Morgan fingerprint density at radius 3 is 3.00 bits per heavy atom. The summed E-state index contributed by atoms with van der Waals surface area (Å²) in [5, 5.41) is 17.2. The predicted octanol–water partition coefficient (Wildman–Crippen LogP) is 1.42. The third-order valence-corrected chi connectivity index (χ3v) is 3.13. The number of thiophene rings is 1. The lowest BCUT2D eigenvalue weighted by atomic mass is 10.3. The Kier molecular flexibility index (Phi) is 3.08. The summed E-state index contributed by atoms with van der Waals surface area (Å²) in [5.41, 5.74) is 0. The van der Waals surface area contributed by atoms with Crippen LogP contribution in [-0.2, 0) is 6.54 Å². The lowest BCUT2D eigenvalue weighted by Gasteiger charge is -2.07. The van der Waals surface area contributed by atoms with E-state index in [9.17, 15) is 0 Å². The monoisotopic (exact) mass is 223 g/mol. The Balaban J connectivity index is 1.88. The molecule has 6 heteroatoms. The highest BCUT2D eigenvalue weighted by atomic mass is 32.1. The van der Waals surface area contributed by atoms with Crippen LogP contribution < -0.4 is 5.32 Å². The van der Waals surface area contributed by atoms with E-state index >= 15 is 0 Å². The average Bonchev–Trinajstić information content (AvgIpc) is 2.84. The smallest absolute Gasteiger partial charge is 0.191 e. The fraction of sp³-hybridized carbons (Fsp3) is 0.444. The van der Waals surface area contributed by atoms with Gasteiger partial charge in [0.25, 0.3) is 0 Å². The normalized spacial score (nSPS) is 12.9. The second-order valence-corrected chi connectivity index (χ2v) is 4.76. The molecule has 2 heterocycles. The van der Waals surface area contributed by atoms with Gasteiger partial charge in [0.1, 0.15) is 0 Å². The SMILES string of the molecule is Cc1ccc(CNC(C)c2nn[nH]n2)s1. The minimum atomic E-state index is 0.117. The molecule has 1 unspecified atom stereocenters. The molecule has 0 aliphatic carbocycles. The molecule has 0 saturated heterocycles. The molecule has 2 rings (SSSR count). The van der Waals surface area contributed by atoms with Gasteiger partial charge in [-0.25, -0.2) is 0 Å². The number of H-pyrrole nitrogens is 1. The van der Waals surface area contributed by atoms with Crippen LogP contribution in [0.5, 0.6) is 0 Å². The number of tetrazole rings is 1. The molecular weight excluding hydrogens is 210 g/mol. The van der Waals surface area contributed by atoms with Crippen LogP contribution in [-0.4, -0.2) is 20.6 Å². The van der Waals surface area contributed by atoms with Gasteiger partial charge in [-0.05, 0) is 26.0 Å². The maximum atomic E-state index is 3.93. The largest absolute Gasteiger partial charge is 0.302 e. The highest BCUT2D eigenvalue weighted by Crippen LogP contribution is 2.15. The Labute approximate surface area is 91.9 Å². The molecule has 0 aromatic carbocycles. The van der Waals surface area contributed by atoms with Crippen LogP contribution in [0.4, 0.5) is 0 Å². The molecule has 0 aliphatic heterocycles. The van der Waals surface area contributed by atoms with Crippen molar-refractivity contribution < 1.29 is 0 Å². The predicted molar refractivity (Wildman–Crippen MR) is 58.5 cm³/mol. The Bertz CT molecular complexity index is 408. The molecular formula is C9H13N5S. The molecule has 15 heavy (non-hydrogen) atoms. The maximum absolute atomic E-state index is 3.93. The number of aromatic amines is 1. The second-order valence-electron chi connectivity index (χ2n) is 3.38. The van der Waals surface area contributed by atoms with E-state index in [0.717, 1.165) is 6.54 Å². The molecule has 2 N–H and O–H groups in total. The lowest BCUT2D eigenvalue weighted by molar-refractivity contribution is 0.550. The molecule has 80 valence electrons. The van der Waals surface area contributed by atoms with Crippen molar-refractivity contribution in [3.8, 4) is 0 Å². The van der Waals surface area contributed by atoms with Crippen LogP contribution in [0, 0.1) is 6.92 Å². The number of nitrogens with one attached hydrogen (secondary N) is 2. The lowest BCUT2D eigenvalue weighted by Crippen LogP contribution is -2.18. The Hall–Kier alpha value is -1.27. The number of hydrogen-bond acceptors (Lipinski definition) is 5. The molecule has 5 nitrogen and oxygen atoms in total. The minimum Gasteiger partial charge on any atom is -0.302 e. The summed E-state index contributed by atoms with van der Waals surface area (Å²) in [6.45, 7) is 4.97. The molecule has 0 radical (unpaired) electrons. The van der Waals surface area contributed by atoms with E-state index in [0.29, 0.717) is 5.82 Å². The number of rotatable bonds is 4. The quantitative estimate of drug-likeness (QED) is 0.822. The highest BCUT2D eigenvalue weighted by Gasteiger charge is 2.09. The van der Waals surface area contributed by atoms with Crippen molar-refractivity contribution in [2.75, 3.05) is 0 Å². The van der Waals surface area contributed by atoms with Gasteiger partial charge in [-0.3, -0.25) is 0 Å². The van der Waals surface area contributed by atoms with E-state index < -0.39 is 0 Å². The van der Waals surface area contributed by atoms with E-state index in [1.54, 1.807) is 11.3 Å². The summed E-state index contributed by atoms with van der Waals surface area (Å²) in [4.78, 5) is 2.65. The molecule has 0 saturated carbocycles. The van der Waals surface area contributed by atoms with E-state index in [1.165, 1.54) is 9.75 Å². The average molecular weight is 223 g/mol. The molecule has 0 bridgehead atoms. The summed E-state index contributed by atoms with van der Waals surface area (Å²) in [5.74, 6) is 0.697. The van der Waals surface area contributed by atoms with Gasteiger partial charge in [0.05, 0.1) is 6.04 Å². The summed E-state index contributed by atoms with van der Waals surface area (Å²) in [6, 6.07) is 4.38. The first-order valence-electron chi connectivity index (χ1n) is 4.78. The van der Waals surface area contributed by atoms with Gasteiger partial charge in [-0.2, -0.15) is 5.21 Å². The first-order valence-corrected chi connectivity index (χ1v) is 5.59. The number of hydrogen-bond donors (Lipinski definition) is 2. The van der Waals surface area contributed by atoms with Crippen molar-refractivity contribution in [2.24, 2.45) is 0 Å². The van der Waals surface area contributed by atoms with E-state index in [-0.39, 0.29) is 6.04 Å². The fourth-order valence-corrected chi connectivity index (χ4v) is 2.12. The van der Waals surface area contributed by atoms with Crippen molar-refractivity contribution in [2.45, 2.75) is 26.4 Å². The van der Waals surface area contributed by atoms with Crippen molar-refractivity contribution in [3.63, 3.8) is 0 Å². The summed E-state index contributed by atoms with van der Waals surface area (Å²) in [7, 11) is 0. The van der Waals surface area contributed by atoms with Gasteiger partial charge >= 0.3 is 0 Å². The topological polar surface area (TPSA) is 66.5 Å². The zero-order valence-electron chi connectivity index (χ0n) is 8.69. The van der Waals surface area contributed by atoms with Gasteiger partial charge in [-0.1, -0.05) is 5.21 Å². The van der Waals surface area contributed by atoms with E-state index in [2.05, 4.69) is 45.0 Å². The van der Waals surface area contributed by atoms with Gasteiger partial charge in [-0.15, -0.1) is 21.5 Å². The highest BCUT2D eigenvalue weighted by molar-refractivity contribution is 7.11. The molecule has 2 aromatic heterocycles. The molecule has 0 aliphatic rings. The van der Waals surface area contributed by atoms with Gasteiger partial charge in [0.15, 0.2) is 5.82 Å². The standard InChI is InChI=1S/C9H13N5S/c1-6-3-4-8(15-6)5-10-7(2)9-11-13-14-12-9/h3-4,7,10H,5H2,1-2H3,(H,11,12,13,14). The molecule has 0 fully saturated rings. The van der Waals surface area contributed by atoms with Gasteiger partial charge in [0, 0.05) is 16.3 Å². The van der Waals surface area contributed by atoms with Crippen LogP contribution in [0.2, 0.25) is 0 Å². The maximum Gasteiger partial charge on any atom is 0.191 e. The summed E-state index contributed by atoms with van der Waals surface area (Å²) in [6.07, 6.45) is 0. The number of nitrogens with zero attached hydrogens (tertiary/aromatic N) is 3. The fourth-order valence-electron chi connectivity index (χ4n) is 1.28. The number of aryl methyl sites for hydroxylation is 1. The van der Waals surface area contributed by atoms with Gasteiger partial charge in [0.2, 0.25) is 0 Å². The molecule has 2 aromatic rings. The third-order valence-electron chi connectivity index (χ3n) is 2.13. The zero-order valence-corrected chi connectivity index (χ0v) is 9.51. The van der Waals surface area contributed by atoms with Crippen LogP contribution >= 0.6 is 11.3 Å². The molecule has 0 amide bonds. The van der Waals surface area contributed by atoms with Gasteiger partial charge < -0.3 is 5.32 Å².